The summed E-state index contributed by atoms with van der Waals surface area (Å²) in [5, 5.41) is 5.08. The van der Waals surface area contributed by atoms with Gasteiger partial charge in [0.25, 0.3) is 0 Å². The number of hydrogen-bond donors (Lipinski definition) is 0. The van der Waals surface area contributed by atoms with Crippen molar-refractivity contribution in [3.05, 3.63) is 210 Å². The number of nitrogens with zero attached hydrogens (tertiary/aromatic N) is 1. The molecule has 278 valence electrons. The molecule has 3 atom stereocenters. The summed E-state index contributed by atoms with van der Waals surface area (Å²) in [5.74, 6) is 1.17. The SMILES string of the molecule is CC1(C)c2ccccc2-c2c(N(c3ccccc3C3=CC4c5ccc6ccccc6c5OC4C=C3)C3C=CC(c4cccc5c4sc4ccccc45)=CC3)cccc21. The van der Waals surface area contributed by atoms with Crippen LogP contribution in [0.3, 0.4) is 0 Å². The number of ether oxygens (including phenoxy) is 1. The second kappa shape index (κ2) is 12.8. The van der Waals surface area contributed by atoms with Crippen molar-refractivity contribution >= 4 is 64.8 Å². The van der Waals surface area contributed by atoms with Gasteiger partial charge in [0, 0.05) is 65.0 Å². The van der Waals surface area contributed by atoms with E-state index in [-0.39, 0.29) is 23.5 Å². The quantitative estimate of drug-likeness (QED) is 0.173. The van der Waals surface area contributed by atoms with Gasteiger partial charge in [-0.05, 0) is 69.5 Å². The largest absolute Gasteiger partial charge is 0.484 e. The molecular formula is C55H41NOS. The van der Waals surface area contributed by atoms with E-state index in [1.54, 1.807) is 0 Å². The number of thiophene rings is 1. The van der Waals surface area contributed by atoms with Crippen molar-refractivity contribution in [1.29, 1.82) is 0 Å². The molecule has 0 bridgehead atoms. The van der Waals surface area contributed by atoms with Crippen LogP contribution in [-0.4, -0.2) is 12.1 Å². The Kier molecular flexibility index (Phi) is 7.43. The van der Waals surface area contributed by atoms with Crippen LogP contribution in [0.1, 0.15) is 54.0 Å². The molecule has 0 N–H and O–H groups in total. The van der Waals surface area contributed by atoms with Crippen LogP contribution in [0, 0.1) is 0 Å². The molecule has 0 radical (unpaired) electrons. The number of allylic oxidation sites excluding steroid dienone is 4. The molecule has 3 heteroatoms. The lowest BCUT2D eigenvalue weighted by atomic mass is 9.82. The first-order valence-electron chi connectivity index (χ1n) is 20.5. The predicted molar refractivity (Wildman–Crippen MR) is 246 cm³/mol. The van der Waals surface area contributed by atoms with Gasteiger partial charge < -0.3 is 9.64 Å². The summed E-state index contributed by atoms with van der Waals surface area (Å²) >= 11 is 1.90. The third-order valence-corrected chi connectivity index (χ3v) is 14.4. The molecule has 8 aromatic rings. The number of rotatable bonds is 5. The molecule has 7 aromatic carbocycles. The van der Waals surface area contributed by atoms with Gasteiger partial charge in [-0.25, -0.2) is 0 Å². The Labute approximate surface area is 343 Å². The number of benzene rings is 7. The van der Waals surface area contributed by atoms with Crippen LogP contribution >= 0.6 is 11.3 Å². The van der Waals surface area contributed by atoms with E-state index in [4.69, 9.17) is 4.74 Å². The molecule has 0 spiro atoms. The Morgan fingerprint density at radius 3 is 2.21 bits per heavy atom. The summed E-state index contributed by atoms with van der Waals surface area (Å²) in [6.07, 6.45) is 15.2. The Morgan fingerprint density at radius 1 is 0.603 bits per heavy atom. The second-order valence-corrected chi connectivity index (χ2v) is 17.7. The molecule has 0 fully saturated rings. The van der Waals surface area contributed by atoms with Gasteiger partial charge >= 0.3 is 0 Å². The molecule has 0 amide bonds. The standard InChI is InChI=1S/C55H41NOS/c1-55(2)46-20-8-5-17-44(46)52-47(55)21-12-23-49(52)56(37-29-25-35(26-30-37)40-18-11-19-43-41-16-7-10-24-51(41)58-54(40)43)48-22-9-6-14-38(48)36-28-32-50-45(33-36)42-31-27-34-13-3-4-15-39(34)53(42)57-50/h3-29,31-33,37,45,50H,30H2,1-2H3. The lowest BCUT2D eigenvalue weighted by Crippen LogP contribution is -2.31. The van der Waals surface area contributed by atoms with E-state index in [1.807, 2.05) is 11.3 Å². The molecule has 4 aliphatic rings. The number of hydrogen-bond acceptors (Lipinski definition) is 3. The molecule has 0 saturated carbocycles. The highest BCUT2D eigenvalue weighted by Gasteiger charge is 2.39. The monoisotopic (exact) mass is 763 g/mol. The van der Waals surface area contributed by atoms with E-state index in [9.17, 15) is 0 Å². The molecule has 2 heterocycles. The Balaban J connectivity index is 1.00. The Morgan fingerprint density at radius 2 is 1.31 bits per heavy atom. The number of para-hydroxylation sites is 1. The second-order valence-electron chi connectivity index (χ2n) is 16.7. The van der Waals surface area contributed by atoms with E-state index < -0.39 is 0 Å². The molecular weight excluding hydrogens is 723 g/mol. The maximum absolute atomic E-state index is 6.69. The Hall–Kier alpha value is -6.42. The average Bonchev–Trinajstić information content (AvgIpc) is 3.92. The predicted octanol–water partition coefficient (Wildman–Crippen LogP) is 14.6. The van der Waals surface area contributed by atoms with Crippen LogP contribution in [0.15, 0.2) is 182 Å². The fraction of sp³-hybridized carbons (Fsp3) is 0.127. The first kappa shape index (κ1) is 33.7. The van der Waals surface area contributed by atoms with Gasteiger partial charge in [-0.15, -0.1) is 11.3 Å². The van der Waals surface area contributed by atoms with Crippen LogP contribution in [0.25, 0.3) is 53.2 Å². The van der Waals surface area contributed by atoms with Gasteiger partial charge in [0.15, 0.2) is 0 Å². The maximum atomic E-state index is 6.69. The van der Waals surface area contributed by atoms with Crippen LogP contribution in [0.2, 0.25) is 0 Å². The van der Waals surface area contributed by atoms with Crippen molar-refractivity contribution in [2.75, 3.05) is 4.90 Å². The zero-order valence-electron chi connectivity index (χ0n) is 32.5. The normalized spacial score (nSPS) is 19.7. The van der Waals surface area contributed by atoms with Gasteiger partial charge in [-0.3, -0.25) is 0 Å². The molecule has 2 nitrogen and oxygen atoms in total. The van der Waals surface area contributed by atoms with Crippen molar-refractivity contribution in [3.63, 3.8) is 0 Å². The number of fused-ring (bicyclic) bond motifs is 11. The summed E-state index contributed by atoms with van der Waals surface area (Å²) in [5.41, 5.74) is 14.1. The fourth-order valence-corrected chi connectivity index (χ4v) is 11.6. The third kappa shape index (κ3) is 4.96. The molecule has 1 aliphatic heterocycles. The van der Waals surface area contributed by atoms with E-state index in [1.165, 1.54) is 92.4 Å². The maximum Gasteiger partial charge on any atom is 0.132 e. The first-order valence-corrected chi connectivity index (χ1v) is 21.3. The van der Waals surface area contributed by atoms with Gasteiger partial charge in [0.2, 0.25) is 0 Å². The smallest absolute Gasteiger partial charge is 0.132 e. The molecule has 12 rings (SSSR count). The summed E-state index contributed by atoms with van der Waals surface area (Å²) in [6.45, 7) is 4.76. The summed E-state index contributed by atoms with van der Waals surface area (Å²) < 4.78 is 9.39. The lowest BCUT2D eigenvalue weighted by Gasteiger charge is -2.37. The van der Waals surface area contributed by atoms with Gasteiger partial charge in [0.1, 0.15) is 11.9 Å². The van der Waals surface area contributed by atoms with Crippen molar-refractivity contribution in [3.8, 4) is 16.9 Å². The minimum absolute atomic E-state index is 0.0147. The molecule has 0 saturated heterocycles. The summed E-state index contributed by atoms with van der Waals surface area (Å²) in [7, 11) is 0. The van der Waals surface area contributed by atoms with Crippen LogP contribution in [0.5, 0.6) is 5.75 Å². The third-order valence-electron chi connectivity index (χ3n) is 13.1. The van der Waals surface area contributed by atoms with E-state index in [0.29, 0.717) is 0 Å². The van der Waals surface area contributed by atoms with Crippen LogP contribution < -0.4 is 9.64 Å². The average molecular weight is 764 g/mol. The molecule has 3 aliphatic carbocycles. The molecule has 1 aromatic heterocycles. The molecule has 3 unspecified atom stereocenters. The van der Waals surface area contributed by atoms with Crippen molar-refractivity contribution < 1.29 is 4.74 Å². The highest BCUT2D eigenvalue weighted by atomic mass is 32.1. The topological polar surface area (TPSA) is 12.5 Å². The zero-order chi connectivity index (χ0) is 38.5. The van der Waals surface area contributed by atoms with Gasteiger partial charge in [-0.1, -0.05) is 172 Å². The highest BCUT2D eigenvalue weighted by molar-refractivity contribution is 7.26. The number of anilines is 2. The van der Waals surface area contributed by atoms with Crippen molar-refractivity contribution in [2.45, 2.75) is 43.7 Å². The molecule has 58 heavy (non-hydrogen) atoms. The van der Waals surface area contributed by atoms with Crippen LogP contribution in [-0.2, 0) is 5.41 Å². The van der Waals surface area contributed by atoms with Crippen molar-refractivity contribution in [2.24, 2.45) is 0 Å². The van der Waals surface area contributed by atoms with E-state index in [2.05, 4.69) is 201 Å². The van der Waals surface area contributed by atoms with Crippen molar-refractivity contribution in [1.82, 2.24) is 0 Å². The van der Waals surface area contributed by atoms with E-state index in [0.717, 1.165) is 12.2 Å². The summed E-state index contributed by atoms with van der Waals surface area (Å²) in [4.78, 5) is 2.64. The lowest BCUT2D eigenvalue weighted by molar-refractivity contribution is 0.272. The highest BCUT2D eigenvalue weighted by Crippen LogP contribution is 2.55. The fourth-order valence-electron chi connectivity index (χ4n) is 10.3. The zero-order valence-corrected chi connectivity index (χ0v) is 33.3. The minimum atomic E-state index is -0.102. The first-order chi connectivity index (χ1) is 28.5. The minimum Gasteiger partial charge on any atom is -0.484 e. The summed E-state index contributed by atoms with van der Waals surface area (Å²) in [6, 6.07) is 53.8. The Bertz CT molecular complexity index is 3140. The van der Waals surface area contributed by atoms with Gasteiger partial charge in [0.05, 0.1) is 6.04 Å². The van der Waals surface area contributed by atoms with E-state index >= 15 is 0 Å². The van der Waals surface area contributed by atoms with Gasteiger partial charge in [-0.2, -0.15) is 0 Å². The van der Waals surface area contributed by atoms with Crippen LogP contribution in [0.4, 0.5) is 11.4 Å².